The summed E-state index contributed by atoms with van der Waals surface area (Å²) in [7, 11) is -3.28. The summed E-state index contributed by atoms with van der Waals surface area (Å²) in [4.78, 5) is 11.7. The predicted molar refractivity (Wildman–Crippen MR) is 83.5 cm³/mol. The van der Waals surface area contributed by atoms with Gasteiger partial charge in [-0.3, -0.25) is 4.72 Å². The fraction of sp³-hybridized carbons (Fsp3) is 0.154. The molecule has 1 heterocycles. The van der Waals surface area contributed by atoms with Crippen molar-refractivity contribution in [3.05, 3.63) is 46.2 Å². The fourth-order valence-corrected chi connectivity index (χ4v) is 3.01. The minimum absolute atomic E-state index is 0.282. The predicted octanol–water partition coefficient (Wildman–Crippen LogP) is 2.43. The van der Waals surface area contributed by atoms with Crippen LogP contribution in [0.1, 0.15) is 15.2 Å². The number of benzene rings is 1. The number of thiophene rings is 1. The molecular weight excluding hydrogens is 312 g/mol. The molecule has 0 spiro atoms. The number of aromatic carboxylic acids is 1. The third kappa shape index (κ3) is 4.76. The number of hydrogen-bond donors (Lipinski definition) is 3. The van der Waals surface area contributed by atoms with Gasteiger partial charge in [-0.2, -0.15) is 0 Å². The molecule has 21 heavy (non-hydrogen) atoms. The first-order valence-electron chi connectivity index (χ1n) is 5.96. The van der Waals surface area contributed by atoms with Crippen molar-refractivity contribution in [2.45, 2.75) is 6.54 Å². The molecule has 1 aromatic carbocycles. The van der Waals surface area contributed by atoms with E-state index >= 15 is 0 Å². The quantitative estimate of drug-likeness (QED) is 0.758. The van der Waals surface area contributed by atoms with Crippen LogP contribution in [0.3, 0.4) is 0 Å². The summed E-state index contributed by atoms with van der Waals surface area (Å²) in [5.74, 6) is -0.936. The number of hydrogen-bond acceptors (Lipinski definition) is 5. The SMILES string of the molecule is CS(=O)(=O)Nc1ccc(NCc2cc(C(=O)O)cs2)cc1. The summed E-state index contributed by atoms with van der Waals surface area (Å²) in [6.07, 6.45) is 1.09. The number of sulfonamides is 1. The zero-order valence-corrected chi connectivity index (χ0v) is 12.8. The van der Waals surface area contributed by atoms with Crippen LogP contribution in [0.15, 0.2) is 35.7 Å². The molecule has 112 valence electrons. The van der Waals surface area contributed by atoms with Crippen LogP contribution in [0.2, 0.25) is 0 Å². The first-order chi connectivity index (χ1) is 9.83. The molecule has 0 radical (unpaired) electrons. The van der Waals surface area contributed by atoms with Gasteiger partial charge in [0.1, 0.15) is 0 Å². The first kappa shape index (κ1) is 15.3. The molecule has 2 aromatic rings. The lowest BCUT2D eigenvalue weighted by Crippen LogP contribution is -2.09. The summed E-state index contributed by atoms with van der Waals surface area (Å²) in [6, 6.07) is 8.43. The van der Waals surface area contributed by atoms with Gasteiger partial charge >= 0.3 is 5.97 Å². The molecule has 0 bridgehead atoms. The second kappa shape index (κ2) is 6.15. The second-order valence-corrected chi connectivity index (χ2v) is 7.16. The topological polar surface area (TPSA) is 95.5 Å². The Labute approximate surface area is 126 Å². The van der Waals surface area contributed by atoms with Crippen LogP contribution in [0, 0.1) is 0 Å². The Morgan fingerprint density at radius 2 is 1.86 bits per heavy atom. The van der Waals surface area contributed by atoms with E-state index in [4.69, 9.17) is 5.11 Å². The Kier molecular flexibility index (Phi) is 4.49. The molecule has 0 aliphatic carbocycles. The number of anilines is 2. The van der Waals surface area contributed by atoms with Crippen molar-refractivity contribution in [1.29, 1.82) is 0 Å². The summed E-state index contributed by atoms with van der Waals surface area (Å²) in [5, 5.41) is 13.6. The second-order valence-electron chi connectivity index (χ2n) is 4.41. The van der Waals surface area contributed by atoms with Gasteiger partial charge in [-0.05, 0) is 30.3 Å². The van der Waals surface area contributed by atoms with Crippen LogP contribution in [0.5, 0.6) is 0 Å². The Morgan fingerprint density at radius 1 is 1.24 bits per heavy atom. The van der Waals surface area contributed by atoms with Crippen molar-refractivity contribution in [1.82, 2.24) is 0 Å². The van der Waals surface area contributed by atoms with Gasteiger partial charge in [0, 0.05) is 28.2 Å². The molecule has 3 N–H and O–H groups in total. The van der Waals surface area contributed by atoms with Crippen molar-refractivity contribution in [2.24, 2.45) is 0 Å². The van der Waals surface area contributed by atoms with Gasteiger partial charge in [-0.25, -0.2) is 13.2 Å². The van der Waals surface area contributed by atoms with Crippen molar-refractivity contribution in [3.8, 4) is 0 Å². The highest BCUT2D eigenvalue weighted by Gasteiger charge is 2.06. The van der Waals surface area contributed by atoms with E-state index in [1.165, 1.54) is 11.3 Å². The Balaban J connectivity index is 1.95. The smallest absolute Gasteiger partial charge is 0.336 e. The van der Waals surface area contributed by atoms with E-state index in [1.54, 1.807) is 35.7 Å². The molecule has 0 saturated heterocycles. The number of nitrogens with one attached hydrogen (secondary N) is 2. The van der Waals surface area contributed by atoms with Crippen LogP contribution < -0.4 is 10.0 Å². The Morgan fingerprint density at radius 3 is 2.38 bits per heavy atom. The molecule has 0 aliphatic rings. The monoisotopic (exact) mass is 326 g/mol. The van der Waals surface area contributed by atoms with Gasteiger partial charge in [0.25, 0.3) is 0 Å². The third-order valence-electron chi connectivity index (χ3n) is 2.56. The molecule has 0 aliphatic heterocycles. The van der Waals surface area contributed by atoms with Crippen molar-refractivity contribution in [3.63, 3.8) is 0 Å². The van der Waals surface area contributed by atoms with Crippen LogP contribution in [-0.2, 0) is 16.6 Å². The largest absolute Gasteiger partial charge is 0.478 e. The highest BCUT2D eigenvalue weighted by Crippen LogP contribution is 2.18. The average Bonchev–Trinajstić information content (AvgIpc) is 2.85. The molecule has 0 unspecified atom stereocenters. The lowest BCUT2D eigenvalue weighted by molar-refractivity contribution is 0.0697. The average molecular weight is 326 g/mol. The molecule has 0 amide bonds. The molecule has 1 aromatic heterocycles. The third-order valence-corrected chi connectivity index (χ3v) is 4.10. The lowest BCUT2D eigenvalue weighted by atomic mass is 10.2. The summed E-state index contributed by atoms with van der Waals surface area (Å²) in [5.41, 5.74) is 1.59. The van der Waals surface area contributed by atoms with Crippen molar-refractivity contribution < 1.29 is 18.3 Å². The maximum Gasteiger partial charge on any atom is 0.336 e. The first-order valence-corrected chi connectivity index (χ1v) is 8.73. The molecule has 2 rings (SSSR count). The molecule has 8 heteroatoms. The number of carbonyl (C=O) groups is 1. The van der Waals surface area contributed by atoms with Crippen molar-refractivity contribution >= 4 is 38.7 Å². The zero-order valence-electron chi connectivity index (χ0n) is 11.2. The summed E-state index contributed by atoms with van der Waals surface area (Å²) in [6.45, 7) is 0.511. The zero-order chi connectivity index (χ0) is 15.5. The van der Waals surface area contributed by atoms with Gasteiger partial charge in [-0.1, -0.05) is 0 Å². The van der Waals surface area contributed by atoms with Gasteiger partial charge in [0.05, 0.1) is 11.8 Å². The van der Waals surface area contributed by atoms with Crippen LogP contribution in [-0.4, -0.2) is 25.7 Å². The maximum absolute atomic E-state index is 11.1. The van der Waals surface area contributed by atoms with Gasteiger partial charge < -0.3 is 10.4 Å². The highest BCUT2D eigenvalue weighted by molar-refractivity contribution is 7.92. The fourth-order valence-electron chi connectivity index (χ4n) is 1.64. The van der Waals surface area contributed by atoms with E-state index in [9.17, 15) is 13.2 Å². The van der Waals surface area contributed by atoms with Gasteiger partial charge in [-0.15, -0.1) is 11.3 Å². The number of rotatable bonds is 6. The number of carboxylic acids is 1. The summed E-state index contributed by atoms with van der Waals surface area (Å²) < 4.78 is 24.5. The van der Waals surface area contributed by atoms with Crippen LogP contribution in [0.4, 0.5) is 11.4 Å². The molecular formula is C13H14N2O4S2. The molecule has 0 saturated carbocycles. The Bertz CT molecular complexity index is 736. The molecule has 6 nitrogen and oxygen atoms in total. The van der Waals surface area contributed by atoms with E-state index in [0.717, 1.165) is 16.8 Å². The van der Waals surface area contributed by atoms with E-state index in [2.05, 4.69) is 10.0 Å². The molecule has 0 atom stereocenters. The van der Waals surface area contributed by atoms with Gasteiger partial charge in [0.15, 0.2) is 0 Å². The standard InChI is InChI=1S/C13H14N2O4S2/c1-21(18,19)15-11-4-2-10(3-5-11)14-7-12-6-9(8-20-12)13(16)17/h2-6,8,14-15H,7H2,1H3,(H,16,17). The maximum atomic E-state index is 11.1. The van der Waals surface area contributed by atoms with Gasteiger partial charge in [0.2, 0.25) is 10.0 Å². The number of carboxylic acid groups (broad SMARTS) is 1. The normalized spacial score (nSPS) is 11.1. The van der Waals surface area contributed by atoms with E-state index in [1.807, 2.05) is 0 Å². The highest BCUT2D eigenvalue weighted by atomic mass is 32.2. The van der Waals surface area contributed by atoms with E-state index in [0.29, 0.717) is 12.2 Å². The van der Waals surface area contributed by atoms with Crippen LogP contribution >= 0.6 is 11.3 Å². The summed E-state index contributed by atoms with van der Waals surface area (Å²) >= 11 is 1.37. The minimum atomic E-state index is -3.28. The van der Waals surface area contributed by atoms with Crippen LogP contribution in [0.25, 0.3) is 0 Å². The van der Waals surface area contributed by atoms with Crippen molar-refractivity contribution in [2.75, 3.05) is 16.3 Å². The minimum Gasteiger partial charge on any atom is -0.478 e. The van der Waals surface area contributed by atoms with E-state index < -0.39 is 16.0 Å². The lowest BCUT2D eigenvalue weighted by Gasteiger charge is -2.07. The molecule has 0 fully saturated rings. The van der Waals surface area contributed by atoms with E-state index in [-0.39, 0.29) is 5.56 Å². The Hall–Kier alpha value is -2.06.